The van der Waals surface area contributed by atoms with Crippen molar-refractivity contribution >= 4 is 56.1 Å². The van der Waals surface area contributed by atoms with Gasteiger partial charge in [-0.05, 0) is 75.5 Å². The van der Waals surface area contributed by atoms with Crippen LogP contribution in [0.2, 0.25) is 0 Å². The zero-order valence-electron chi connectivity index (χ0n) is 11.0. The summed E-state index contributed by atoms with van der Waals surface area (Å²) >= 11 is 4.45. The van der Waals surface area contributed by atoms with Gasteiger partial charge in [-0.3, -0.25) is 4.79 Å². The number of rotatable bonds is 2. The van der Waals surface area contributed by atoms with E-state index < -0.39 is 0 Å². The predicted octanol–water partition coefficient (Wildman–Crippen LogP) is 3.33. The van der Waals surface area contributed by atoms with Crippen LogP contribution in [-0.4, -0.2) is 16.8 Å². The summed E-state index contributed by atoms with van der Waals surface area (Å²) in [5.74, 6) is 0.508. The molecular weight excluding hydrogens is 494 g/mol. The predicted molar refractivity (Wildman–Crippen MR) is 99.4 cm³/mol. The van der Waals surface area contributed by atoms with Crippen molar-refractivity contribution in [3.8, 4) is 11.4 Å². The molecule has 0 aliphatic rings. The summed E-state index contributed by atoms with van der Waals surface area (Å²) in [5, 5.41) is 0.548. The average Bonchev–Trinajstić information content (AvgIpc) is 2.47. The molecule has 4 nitrogen and oxygen atoms in total. The maximum Gasteiger partial charge on any atom is 0.294 e. The van der Waals surface area contributed by atoms with Crippen molar-refractivity contribution in [1.29, 1.82) is 0 Å². The Hall–Kier alpha value is -1.16. The number of halogens is 2. The molecule has 1 aromatic heterocycles. The summed E-state index contributed by atoms with van der Waals surface area (Å²) in [6.45, 7) is 0. The van der Waals surface area contributed by atoms with Gasteiger partial charge >= 0.3 is 0 Å². The minimum Gasteiger partial charge on any atom is -0.412 e. The van der Waals surface area contributed by atoms with Gasteiger partial charge in [0.25, 0.3) is 5.56 Å². The molecule has 0 N–H and O–H groups in total. The molecule has 0 fully saturated rings. The van der Waals surface area contributed by atoms with Gasteiger partial charge in [0.05, 0.1) is 10.9 Å². The molecule has 0 aliphatic heterocycles. The van der Waals surface area contributed by atoms with E-state index in [4.69, 9.17) is 4.84 Å². The van der Waals surface area contributed by atoms with Crippen molar-refractivity contribution in [1.82, 2.24) is 9.71 Å². The molecule has 6 heteroatoms. The number of hydrogen-bond acceptors (Lipinski definition) is 3. The van der Waals surface area contributed by atoms with Gasteiger partial charge in [-0.15, -0.1) is 4.73 Å². The molecule has 0 radical (unpaired) electrons. The first-order valence-corrected chi connectivity index (χ1v) is 8.28. The van der Waals surface area contributed by atoms with E-state index in [1.54, 1.807) is 6.07 Å². The molecule has 2 aromatic carbocycles. The van der Waals surface area contributed by atoms with Gasteiger partial charge in [0.15, 0.2) is 5.82 Å². The third-order valence-electron chi connectivity index (χ3n) is 3.08. The van der Waals surface area contributed by atoms with E-state index in [-0.39, 0.29) is 5.56 Å². The molecule has 21 heavy (non-hydrogen) atoms. The van der Waals surface area contributed by atoms with Gasteiger partial charge in [0.1, 0.15) is 7.11 Å². The van der Waals surface area contributed by atoms with Crippen LogP contribution in [-0.2, 0) is 0 Å². The zero-order valence-corrected chi connectivity index (χ0v) is 15.3. The largest absolute Gasteiger partial charge is 0.412 e. The number of fused-ring (bicyclic) bond motifs is 1. The van der Waals surface area contributed by atoms with Gasteiger partial charge in [-0.1, -0.05) is 12.1 Å². The third kappa shape index (κ3) is 2.78. The molecule has 0 unspecified atom stereocenters. The molecule has 3 aromatic rings. The SMILES string of the molecule is COn1c(-c2ccc(I)cc2)nc2cc(I)ccc2c1=O. The van der Waals surface area contributed by atoms with Crippen LogP contribution in [0.3, 0.4) is 0 Å². The van der Waals surface area contributed by atoms with Gasteiger partial charge in [0.2, 0.25) is 0 Å². The molecule has 0 aliphatic carbocycles. The maximum atomic E-state index is 12.5. The van der Waals surface area contributed by atoms with Crippen molar-refractivity contribution in [2.24, 2.45) is 0 Å². The zero-order chi connectivity index (χ0) is 15.0. The molecule has 1 heterocycles. The summed E-state index contributed by atoms with van der Waals surface area (Å²) in [6, 6.07) is 13.4. The molecule has 106 valence electrons. The molecular formula is C15H10I2N2O2. The molecule has 3 rings (SSSR count). The lowest BCUT2D eigenvalue weighted by Crippen LogP contribution is -2.27. The quantitative estimate of drug-likeness (QED) is 0.504. The molecule has 0 saturated heterocycles. The second-order valence-corrected chi connectivity index (χ2v) is 6.88. The van der Waals surface area contributed by atoms with Gasteiger partial charge < -0.3 is 4.84 Å². The van der Waals surface area contributed by atoms with E-state index in [2.05, 4.69) is 50.2 Å². The standard InChI is InChI=1S/C15H10I2N2O2/c1-21-19-14(9-2-4-10(16)5-3-9)18-13-8-11(17)6-7-12(13)15(19)20/h2-8H,1H3. The van der Waals surface area contributed by atoms with E-state index >= 15 is 0 Å². The number of hydrogen-bond donors (Lipinski definition) is 0. The van der Waals surface area contributed by atoms with Gasteiger partial charge in [-0.25, -0.2) is 4.98 Å². The lowest BCUT2D eigenvalue weighted by atomic mass is 10.2. The second-order valence-electron chi connectivity index (χ2n) is 4.39. The minimum atomic E-state index is -0.201. The fraction of sp³-hybridized carbons (Fsp3) is 0.0667. The lowest BCUT2D eigenvalue weighted by Gasteiger charge is -2.11. The van der Waals surface area contributed by atoms with Crippen LogP contribution in [0, 0.1) is 7.14 Å². The Kier molecular flexibility index (Phi) is 4.16. The van der Waals surface area contributed by atoms with Crippen LogP contribution in [0.25, 0.3) is 22.3 Å². The highest BCUT2D eigenvalue weighted by Crippen LogP contribution is 2.20. The number of nitrogens with zero attached hydrogens (tertiary/aromatic N) is 2. The van der Waals surface area contributed by atoms with Crippen molar-refractivity contribution in [3.05, 3.63) is 60.0 Å². The molecule has 0 atom stereocenters. The fourth-order valence-electron chi connectivity index (χ4n) is 2.09. The third-order valence-corrected chi connectivity index (χ3v) is 4.47. The molecule has 0 saturated carbocycles. The number of benzene rings is 2. The monoisotopic (exact) mass is 504 g/mol. The van der Waals surface area contributed by atoms with E-state index in [0.717, 1.165) is 12.7 Å². The van der Waals surface area contributed by atoms with Crippen LogP contribution in [0.1, 0.15) is 0 Å². The summed E-state index contributed by atoms with van der Waals surface area (Å²) in [6.07, 6.45) is 0. The Balaban J connectivity index is 2.35. The van der Waals surface area contributed by atoms with E-state index in [9.17, 15) is 4.79 Å². The Morgan fingerprint density at radius 2 is 1.71 bits per heavy atom. The normalized spacial score (nSPS) is 10.8. The summed E-state index contributed by atoms with van der Waals surface area (Å²) in [5.41, 5.74) is 1.32. The van der Waals surface area contributed by atoms with Crippen molar-refractivity contribution in [3.63, 3.8) is 0 Å². The first-order valence-electron chi connectivity index (χ1n) is 6.13. The van der Waals surface area contributed by atoms with Crippen LogP contribution >= 0.6 is 45.2 Å². The second kappa shape index (κ2) is 5.91. The molecule has 0 amide bonds. The highest BCUT2D eigenvalue weighted by atomic mass is 127. The summed E-state index contributed by atoms with van der Waals surface area (Å²) < 4.78 is 3.39. The maximum absolute atomic E-state index is 12.5. The van der Waals surface area contributed by atoms with Crippen molar-refractivity contribution in [2.45, 2.75) is 0 Å². The van der Waals surface area contributed by atoms with Gasteiger partial charge in [0, 0.05) is 12.7 Å². The molecule has 0 spiro atoms. The summed E-state index contributed by atoms with van der Waals surface area (Å²) in [4.78, 5) is 22.4. The van der Waals surface area contributed by atoms with Crippen LogP contribution in [0.4, 0.5) is 0 Å². The molecule has 0 bridgehead atoms. The Labute approximate surface area is 148 Å². The van der Waals surface area contributed by atoms with Crippen LogP contribution in [0.15, 0.2) is 47.3 Å². The minimum absolute atomic E-state index is 0.201. The van der Waals surface area contributed by atoms with Crippen LogP contribution in [0.5, 0.6) is 0 Å². The lowest BCUT2D eigenvalue weighted by molar-refractivity contribution is 0.160. The van der Waals surface area contributed by atoms with E-state index in [1.807, 2.05) is 36.4 Å². The first kappa shape index (κ1) is 14.8. The van der Waals surface area contributed by atoms with Crippen LogP contribution < -0.4 is 10.4 Å². The van der Waals surface area contributed by atoms with E-state index in [1.165, 1.54) is 11.8 Å². The Morgan fingerprint density at radius 1 is 1.05 bits per heavy atom. The Bertz CT molecular complexity index is 873. The Morgan fingerprint density at radius 3 is 2.38 bits per heavy atom. The average molecular weight is 504 g/mol. The van der Waals surface area contributed by atoms with Crippen molar-refractivity contribution in [2.75, 3.05) is 7.11 Å². The van der Waals surface area contributed by atoms with E-state index in [0.29, 0.717) is 16.7 Å². The highest BCUT2D eigenvalue weighted by molar-refractivity contribution is 14.1. The first-order chi connectivity index (χ1) is 10.1. The number of aromatic nitrogens is 2. The van der Waals surface area contributed by atoms with Crippen molar-refractivity contribution < 1.29 is 4.84 Å². The fourth-order valence-corrected chi connectivity index (χ4v) is 2.93. The topological polar surface area (TPSA) is 44.1 Å². The van der Waals surface area contributed by atoms with Gasteiger partial charge in [-0.2, -0.15) is 0 Å². The smallest absolute Gasteiger partial charge is 0.294 e. The summed E-state index contributed by atoms with van der Waals surface area (Å²) in [7, 11) is 1.47. The highest BCUT2D eigenvalue weighted by Gasteiger charge is 2.13.